The molecule has 1 unspecified atom stereocenters. The highest BCUT2D eigenvalue weighted by Crippen LogP contribution is 2.33. The lowest BCUT2D eigenvalue weighted by Gasteiger charge is -2.06. The average molecular weight is 143 g/mol. The second kappa shape index (κ2) is 3.01. The van der Waals surface area contributed by atoms with Gasteiger partial charge in [-0.05, 0) is 12.3 Å². The number of esters is 1. The van der Waals surface area contributed by atoms with Crippen LogP contribution in [0.1, 0.15) is 19.3 Å². The van der Waals surface area contributed by atoms with Crippen molar-refractivity contribution >= 4 is 5.97 Å². The summed E-state index contributed by atoms with van der Waals surface area (Å²) in [5, 5.41) is 0. The van der Waals surface area contributed by atoms with Crippen molar-refractivity contribution in [3.63, 3.8) is 0 Å². The number of rotatable bonds is 3. The van der Waals surface area contributed by atoms with Gasteiger partial charge in [0.1, 0.15) is 6.04 Å². The van der Waals surface area contributed by atoms with E-state index >= 15 is 0 Å². The van der Waals surface area contributed by atoms with E-state index in [1.54, 1.807) is 0 Å². The lowest BCUT2D eigenvalue weighted by atomic mass is 10.1. The minimum atomic E-state index is -0.391. The second-order valence-corrected chi connectivity index (χ2v) is 2.81. The van der Waals surface area contributed by atoms with Crippen LogP contribution < -0.4 is 5.73 Å². The monoisotopic (exact) mass is 143 g/mol. The molecule has 0 heterocycles. The summed E-state index contributed by atoms with van der Waals surface area (Å²) in [6, 6.07) is -0.391. The van der Waals surface area contributed by atoms with Gasteiger partial charge in [-0.15, -0.1) is 0 Å². The van der Waals surface area contributed by atoms with E-state index in [9.17, 15) is 4.79 Å². The van der Waals surface area contributed by atoms with Gasteiger partial charge in [-0.3, -0.25) is 4.79 Å². The lowest BCUT2D eigenvalue weighted by molar-refractivity contribution is -0.142. The van der Waals surface area contributed by atoms with Crippen molar-refractivity contribution in [3.05, 3.63) is 0 Å². The highest BCUT2D eigenvalue weighted by atomic mass is 16.5. The third-order valence-corrected chi connectivity index (χ3v) is 1.79. The predicted molar refractivity (Wildman–Crippen MR) is 37.3 cm³/mol. The molecule has 1 atom stereocenters. The van der Waals surface area contributed by atoms with Crippen molar-refractivity contribution in [2.45, 2.75) is 25.3 Å². The van der Waals surface area contributed by atoms with Crippen molar-refractivity contribution < 1.29 is 9.53 Å². The molecular weight excluding hydrogens is 130 g/mol. The van der Waals surface area contributed by atoms with Crippen LogP contribution in [-0.4, -0.2) is 19.1 Å². The summed E-state index contributed by atoms with van der Waals surface area (Å²) < 4.78 is 4.48. The summed E-state index contributed by atoms with van der Waals surface area (Å²) in [7, 11) is 1.37. The molecule has 1 rings (SSSR count). The maximum atomic E-state index is 10.7. The molecule has 0 aromatic heterocycles. The molecule has 58 valence electrons. The molecule has 10 heavy (non-hydrogen) atoms. The van der Waals surface area contributed by atoms with Crippen molar-refractivity contribution in [1.29, 1.82) is 0 Å². The van der Waals surface area contributed by atoms with Crippen LogP contribution in [0.2, 0.25) is 0 Å². The zero-order valence-corrected chi connectivity index (χ0v) is 6.17. The molecule has 0 spiro atoms. The van der Waals surface area contributed by atoms with Gasteiger partial charge in [-0.2, -0.15) is 0 Å². The normalized spacial score (nSPS) is 20.2. The fourth-order valence-electron chi connectivity index (χ4n) is 0.960. The summed E-state index contributed by atoms with van der Waals surface area (Å²) in [5.74, 6) is 0.404. The van der Waals surface area contributed by atoms with E-state index in [0.717, 1.165) is 6.42 Å². The number of methoxy groups -OCH3 is 1. The minimum Gasteiger partial charge on any atom is -0.468 e. The Hall–Kier alpha value is -0.570. The van der Waals surface area contributed by atoms with Crippen LogP contribution in [0.5, 0.6) is 0 Å². The third-order valence-electron chi connectivity index (χ3n) is 1.79. The SMILES string of the molecule is COC(=O)C(N)CC1CC1. The number of hydrogen-bond acceptors (Lipinski definition) is 3. The zero-order valence-electron chi connectivity index (χ0n) is 6.17. The Morgan fingerprint density at radius 3 is 2.80 bits per heavy atom. The summed E-state index contributed by atoms with van der Waals surface area (Å²) in [6.07, 6.45) is 3.25. The zero-order chi connectivity index (χ0) is 7.56. The van der Waals surface area contributed by atoms with Gasteiger partial charge in [0, 0.05) is 0 Å². The average Bonchev–Trinajstić information content (AvgIpc) is 2.70. The molecule has 1 saturated carbocycles. The standard InChI is InChI=1S/C7H13NO2/c1-10-7(9)6(8)4-5-2-3-5/h5-6H,2-4,8H2,1H3. The Labute approximate surface area is 60.5 Å². The Bertz CT molecular complexity index is 132. The van der Waals surface area contributed by atoms with Crippen LogP contribution in [0.4, 0.5) is 0 Å². The molecular formula is C7H13NO2. The van der Waals surface area contributed by atoms with Gasteiger partial charge in [0.2, 0.25) is 0 Å². The molecule has 0 radical (unpaired) electrons. The lowest BCUT2D eigenvalue weighted by Crippen LogP contribution is -2.31. The number of hydrogen-bond donors (Lipinski definition) is 1. The van der Waals surface area contributed by atoms with E-state index in [1.807, 2.05) is 0 Å². The van der Waals surface area contributed by atoms with Gasteiger partial charge in [0.15, 0.2) is 0 Å². The van der Waals surface area contributed by atoms with Crippen LogP contribution in [0.3, 0.4) is 0 Å². The summed E-state index contributed by atoms with van der Waals surface area (Å²) in [6.45, 7) is 0. The van der Waals surface area contributed by atoms with E-state index in [-0.39, 0.29) is 5.97 Å². The number of carbonyl (C=O) groups is 1. The van der Waals surface area contributed by atoms with E-state index in [1.165, 1.54) is 20.0 Å². The predicted octanol–water partition coefficient (Wildman–Crippen LogP) is 0.287. The molecule has 0 saturated heterocycles. The van der Waals surface area contributed by atoms with Crippen molar-refractivity contribution in [2.24, 2.45) is 11.7 Å². The van der Waals surface area contributed by atoms with Gasteiger partial charge in [-0.1, -0.05) is 12.8 Å². The Morgan fingerprint density at radius 2 is 2.40 bits per heavy atom. The van der Waals surface area contributed by atoms with Crippen LogP contribution >= 0.6 is 0 Å². The fourth-order valence-corrected chi connectivity index (χ4v) is 0.960. The molecule has 0 amide bonds. The number of nitrogens with two attached hydrogens (primary N) is 1. The summed E-state index contributed by atoms with van der Waals surface area (Å²) in [4.78, 5) is 10.7. The van der Waals surface area contributed by atoms with Crippen LogP contribution in [0.15, 0.2) is 0 Å². The molecule has 1 aliphatic carbocycles. The van der Waals surface area contributed by atoms with E-state index < -0.39 is 6.04 Å². The quantitative estimate of drug-likeness (QED) is 0.577. The topological polar surface area (TPSA) is 52.3 Å². The highest BCUT2D eigenvalue weighted by molar-refractivity contribution is 5.75. The van der Waals surface area contributed by atoms with Crippen molar-refractivity contribution in [2.75, 3.05) is 7.11 Å². The van der Waals surface area contributed by atoms with Gasteiger partial charge in [0.05, 0.1) is 7.11 Å². The maximum Gasteiger partial charge on any atom is 0.322 e. The van der Waals surface area contributed by atoms with Crippen molar-refractivity contribution in [3.8, 4) is 0 Å². The molecule has 0 aromatic rings. The summed E-state index contributed by atoms with van der Waals surface area (Å²) >= 11 is 0. The first-order valence-corrected chi connectivity index (χ1v) is 3.57. The van der Waals surface area contributed by atoms with Crippen LogP contribution in [0, 0.1) is 5.92 Å². The molecule has 3 nitrogen and oxygen atoms in total. The Kier molecular flexibility index (Phi) is 2.27. The first-order valence-electron chi connectivity index (χ1n) is 3.57. The third kappa shape index (κ3) is 1.99. The van der Waals surface area contributed by atoms with Crippen LogP contribution in [-0.2, 0) is 9.53 Å². The van der Waals surface area contributed by atoms with Gasteiger partial charge in [-0.25, -0.2) is 0 Å². The minimum absolute atomic E-state index is 0.285. The molecule has 1 aliphatic rings. The number of carbonyl (C=O) groups excluding carboxylic acids is 1. The summed E-state index contributed by atoms with van der Waals surface area (Å²) in [5.41, 5.74) is 5.49. The Balaban J connectivity index is 2.18. The molecule has 0 aromatic carbocycles. The second-order valence-electron chi connectivity index (χ2n) is 2.81. The molecule has 2 N–H and O–H groups in total. The molecule has 1 fully saturated rings. The van der Waals surface area contributed by atoms with E-state index in [0.29, 0.717) is 5.92 Å². The molecule has 0 bridgehead atoms. The number of ether oxygens (including phenoxy) is 1. The first kappa shape index (κ1) is 7.54. The smallest absolute Gasteiger partial charge is 0.322 e. The largest absolute Gasteiger partial charge is 0.468 e. The van der Waals surface area contributed by atoms with Gasteiger partial charge >= 0.3 is 5.97 Å². The maximum absolute atomic E-state index is 10.7. The fraction of sp³-hybridized carbons (Fsp3) is 0.857. The molecule has 0 aliphatic heterocycles. The van der Waals surface area contributed by atoms with E-state index in [4.69, 9.17) is 5.73 Å². The van der Waals surface area contributed by atoms with Gasteiger partial charge < -0.3 is 10.5 Å². The Morgan fingerprint density at radius 1 is 1.80 bits per heavy atom. The van der Waals surface area contributed by atoms with Crippen molar-refractivity contribution in [1.82, 2.24) is 0 Å². The highest BCUT2D eigenvalue weighted by Gasteiger charge is 2.27. The van der Waals surface area contributed by atoms with Gasteiger partial charge in [0.25, 0.3) is 0 Å². The van der Waals surface area contributed by atoms with E-state index in [2.05, 4.69) is 4.74 Å². The first-order chi connectivity index (χ1) is 4.74. The van der Waals surface area contributed by atoms with Crippen LogP contribution in [0.25, 0.3) is 0 Å². The molecule has 3 heteroatoms.